The van der Waals surface area contributed by atoms with E-state index in [-0.39, 0.29) is 5.92 Å². The minimum Gasteiger partial charge on any atom is -0.382 e. The monoisotopic (exact) mass is 362 g/mol. The number of ether oxygens (including phenoxy) is 1. The molecule has 0 aromatic heterocycles. The van der Waals surface area contributed by atoms with Crippen molar-refractivity contribution in [1.82, 2.24) is 0 Å². The van der Waals surface area contributed by atoms with Crippen LogP contribution >= 0.6 is 11.6 Å². The zero-order valence-electron chi connectivity index (χ0n) is 15.0. The Hall–Kier alpha value is -1.12. The summed E-state index contributed by atoms with van der Waals surface area (Å²) in [5.74, 6) is 0.904. The molecule has 0 radical (unpaired) electrons. The maximum absolute atomic E-state index is 15.0. The van der Waals surface area contributed by atoms with Crippen LogP contribution in [0, 0.1) is 11.8 Å². The van der Waals surface area contributed by atoms with Crippen LogP contribution in [0.4, 0.5) is 4.39 Å². The third kappa shape index (κ3) is 4.35. The van der Waals surface area contributed by atoms with E-state index >= 15 is 4.39 Å². The molecular weight excluding hydrogens is 335 g/mol. The number of hydrogen-bond acceptors (Lipinski definition) is 1. The van der Waals surface area contributed by atoms with E-state index in [1.807, 2.05) is 49.4 Å². The predicted molar refractivity (Wildman–Crippen MR) is 104 cm³/mol. The molecule has 1 fully saturated rings. The molecule has 136 valence electrons. The first-order chi connectivity index (χ1) is 12.1. The summed E-state index contributed by atoms with van der Waals surface area (Å²) in [5.41, 5.74) is 1.97. The minimum absolute atomic E-state index is 0.206. The summed E-state index contributed by atoms with van der Waals surface area (Å²) in [7, 11) is 0. The van der Waals surface area contributed by atoms with Gasteiger partial charge in [0.1, 0.15) is 11.0 Å². The first-order valence-electron chi connectivity index (χ1n) is 9.50. The Kier molecular flexibility index (Phi) is 6.35. The smallest absolute Gasteiger partial charge is 0.142 e. The zero-order chi connectivity index (χ0) is 17.7. The van der Waals surface area contributed by atoms with Crippen LogP contribution in [0.2, 0.25) is 0 Å². The van der Waals surface area contributed by atoms with Crippen LogP contribution in [0.3, 0.4) is 0 Å². The molecular formula is C22H28ClFO. The van der Waals surface area contributed by atoms with Crippen molar-refractivity contribution in [3.05, 3.63) is 54.1 Å². The summed E-state index contributed by atoms with van der Waals surface area (Å²) >= 11 is 6.80. The van der Waals surface area contributed by atoms with Crippen LogP contribution in [-0.2, 0) is 4.74 Å². The molecule has 2 atom stereocenters. The SMILES string of the molecule is CCOCCC1CCC(C2(Cl)C=CC(c3ccccc3)=CC2F)CC1. The van der Waals surface area contributed by atoms with Crippen molar-refractivity contribution < 1.29 is 9.13 Å². The van der Waals surface area contributed by atoms with Gasteiger partial charge in [0.2, 0.25) is 0 Å². The second-order valence-corrected chi connectivity index (χ2v) is 7.91. The Labute approximate surface area is 155 Å². The maximum atomic E-state index is 15.0. The Bertz CT molecular complexity index is 604. The molecule has 0 amide bonds. The van der Waals surface area contributed by atoms with Crippen molar-refractivity contribution in [3.63, 3.8) is 0 Å². The molecule has 2 aliphatic carbocycles. The van der Waals surface area contributed by atoms with Crippen LogP contribution in [0.5, 0.6) is 0 Å². The topological polar surface area (TPSA) is 9.23 Å². The molecule has 2 aliphatic rings. The molecule has 25 heavy (non-hydrogen) atoms. The number of allylic oxidation sites excluding steroid dienone is 4. The largest absolute Gasteiger partial charge is 0.382 e. The van der Waals surface area contributed by atoms with Crippen molar-refractivity contribution in [3.8, 4) is 0 Å². The van der Waals surface area contributed by atoms with Gasteiger partial charge >= 0.3 is 0 Å². The van der Waals surface area contributed by atoms with Gasteiger partial charge in [0, 0.05) is 13.2 Å². The zero-order valence-corrected chi connectivity index (χ0v) is 15.7. The molecule has 0 heterocycles. The van der Waals surface area contributed by atoms with Gasteiger partial charge in [0.15, 0.2) is 0 Å². The molecule has 3 heteroatoms. The van der Waals surface area contributed by atoms with Crippen LogP contribution < -0.4 is 0 Å². The lowest BCUT2D eigenvalue weighted by Gasteiger charge is -2.40. The van der Waals surface area contributed by atoms with E-state index in [0.29, 0.717) is 5.92 Å². The third-order valence-electron chi connectivity index (χ3n) is 5.72. The van der Waals surface area contributed by atoms with Gasteiger partial charge < -0.3 is 4.74 Å². The lowest BCUT2D eigenvalue weighted by Crippen LogP contribution is -2.42. The maximum Gasteiger partial charge on any atom is 0.142 e. The quantitative estimate of drug-likeness (QED) is 0.433. The fourth-order valence-electron chi connectivity index (χ4n) is 4.12. The van der Waals surface area contributed by atoms with E-state index in [1.165, 1.54) is 0 Å². The van der Waals surface area contributed by atoms with E-state index in [1.54, 1.807) is 6.08 Å². The average molecular weight is 363 g/mol. The Morgan fingerprint density at radius 2 is 1.88 bits per heavy atom. The highest BCUT2D eigenvalue weighted by Gasteiger charge is 2.44. The second kappa shape index (κ2) is 8.51. The average Bonchev–Trinajstić information content (AvgIpc) is 2.65. The van der Waals surface area contributed by atoms with Crippen molar-refractivity contribution in [2.45, 2.75) is 50.1 Å². The third-order valence-corrected chi connectivity index (χ3v) is 6.36. The van der Waals surface area contributed by atoms with Crippen LogP contribution in [0.15, 0.2) is 48.6 Å². The van der Waals surface area contributed by atoms with Gasteiger partial charge in [-0.25, -0.2) is 4.39 Å². The van der Waals surface area contributed by atoms with Gasteiger partial charge in [-0.15, -0.1) is 11.6 Å². The number of alkyl halides is 2. The summed E-state index contributed by atoms with van der Waals surface area (Å²) in [4.78, 5) is -0.886. The molecule has 2 unspecified atom stereocenters. The van der Waals surface area contributed by atoms with Crippen molar-refractivity contribution in [2.24, 2.45) is 11.8 Å². The normalized spacial score (nSPS) is 32.4. The van der Waals surface area contributed by atoms with Gasteiger partial charge in [-0.05, 0) is 55.2 Å². The van der Waals surface area contributed by atoms with Gasteiger partial charge in [-0.1, -0.05) is 55.3 Å². The Morgan fingerprint density at radius 1 is 1.16 bits per heavy atom. The van der Waals surface area contributed by atoms with Gasteiger partial charge in [-0.3, -0.25) is 0 Å². The highest BCUT2D eigenvalue weighted by Crippen LogP contribution is 2.46. The van der Waals surface area contributed by atoms with E-state index in [2.05, 4.69) is 0 Å². The molecule has 1 aromatic carbocycles. The summed E-state index contributed by atoms with van der Waals surface area (Å²) in [6.07, 6.45) is 9.83. The van der Waals surface area contributed by atoms with E-state index in [4.69, 9.17) is 16.3 Å². The minimum atomic E-state index is -1.14. The molecule has 0 bridgehead atoms. The Morgan fingerprint density at radius 3 is 2.52 bits per heavy atom. The van der Waals surface area contributed by atoms with E-state index < -0.39 is 11.0 Å². The molecule has 0 spiro atoms. The molecule has 1 saturated carbocycles. The van der Waals surface area contributed by atoms with Gasteiger partial charge in [-0.2, -0.15) is 0 Å². The fourth-order valence-corrected chi connectivity index (χ4v) is 4.47. The molecule has 3 rings (SSSR count). The molecule has 0 N–H and O–H groups in total. The highest BCUT2D eigenvalue weighted by atomic mass is 35.5. The van der Waals surface area contributed by atoms with Crippen molar-refractivity contribution in [2.75, 3.05) is 13.2 Å². The first-order valence-corrected chi connectivity index (χ1v) is 9.88. The molecule has 1 nitrogen and oxygen atoms in total. The van der Waals surface area contributed by atoms with Crippen LogP contribution in [0.25, 0.3) is 5.57 Å². The standard InChI is InChI=1S/C22H28ClFO/c1-2-25-15-13-17-8-10-20(11-9-17)22(23)14-12-19(16-21(22)24)18-6-4-3-5-7-18/h3-7,12,14,16-17,20-21H,2,8-11,13,15H2,1H3. The Balaban J connectivity index is 1.60. The lowest BCUT2D eigenvalue weighted by molar-refractivity contribution is 0.114. The summed E-state index contributed by atoms with van der Waals surface area (Å²) in [5, 5.41) is 0. The van der Waals surface area contributed by atoms with Crippen LogP contribution in [0.1, 0.15) is 44.6 Å². The highest BCUT2D eigenvalue weighted by molar-refractivity contribution is 6.26. The summed E-state index contributed by atoms with van der Waals surface area (Å²) in [6.45, 7) is 3.65. The van der Waals surface area contributed by atoms with E-state index in [0.717, 1.165) is 56.5 Å². The molecule has 0 saturated heterocycles. The van der Waals surface area contributed by atoms with Gasteiger partial charge in [0.05, 0.1) is 0 Å². The van der Waals surface area contributed by atoms with E-state index in [9.17, 15) is 0 Å². The predicted octanol–water partition coefficient (Wildman–Crippen LogP) is 6.19. The van der Waals surface area contributed by atoms with Crippen molar-refractivity contribution >= 4 is 17.2 Å². The lowest BCUT2D eigenvalue weighted by atomic mass is 9.71. The summed E-state index contributed by atoms with van der Waals surface area (Å²) in [6, 6.07) is 9.94. The second-order valence-electron chi connectivity index (χ2n) is 7.25. The van der Waals surface area contributed by atoms with Crippen molar-refractivity contribution in [1.29, 1.82) is 0 Å². The number of benzene rings is 1. The number of rotatable bonds is 6. The first kappa shape index (κ1) is 18.7. The molecule has 1 aromatic rings. The fraction of sp³-hybridized carbons (Fsp3) is 0.545. The van der Waals surface area contributed by atoms with Crippen LogP contribution in [-0.4, -0.2) is 24.3 Å². The number of halogens is 2. The number of hydrogen-bond donors (Lipinski definition) is 0. The van der Waals surface area contributed by atoms with Gasteiger partial charge in [0.25, 0.3) is 0 Å². The molecule has 0 aliphatic heterocycles. The summed E-state index contributed by atoms with van der Waals surface area (Å²) < 4.78 is 20.5.